The third-order valence-electron chi connectivity index (χ3n) is 3.67. The number of carbonyl (C=O) groups is 1. The Hall–Kier alpha value is -2.61. The molecule has 1 amide bonds. The molecular formula is C19H13Cl2FN2O3S. The van der Waals surface area contributed by atoms with Crippen LogP contribution in [-0.2, 0) is 10.0 Å². The van der Waals surface area contributed by atoms with Crippen LogP contribution in [0.1, 0.15) is 10.4 Å². The summed E-state index contributed by atoms with van der Waals surface area (Å²) in [5.74, 6) is -1.01. The summed E-state index contributed by atoms with van der Waals surface area (Å²) in [5, 5.41) is 2.60. The molecule has 5 nitrogen and oxygen atoms in total. The Balaban J connectivity index is 1.75. The van der Waals surface area contributed by atoms with Gasteiger partial charge in [0.1, 0.15) is 10.7 Å². The number of benzene rings is 3. The SMILES string of the molecule is O=C(Nc1ccc(NS(=O)(=O)c2c(Cl)cccc2Cl)cc1)c1cccc(F)c1. The van der Waals surface area contributed by atoms with Crippen LogP contribution < -0.4 is 10.0 Å². The van der Waals surface area contributed by atoms with Crippen LogP contribution in [0.25, 0.3) is 0 Å². The molecule has 0 aliphatic rings. The minimum Gasteiger partial charge on any atom is -0.322 e. The van der Waals surface area contributed by atoms with E-state index in [1.807, 2.05) is 0 Å². The van der Waals surface area contributed by atoms with E-state index >= 15 is 0 Å². The molecule has 0 bridgehead atoms. The zero-order chi connectivity index (χ0) is 20.3. The number of carbonyl (C=O) groups excluding carboxylic acids is 1. The maximum atomic E-state index is 13.2. The average Bonchev–Trinajstić information content (AvgIpc) is 2.62. The molecule has 2 N–H and O–H groups in total. The van der Waals surface area contributed by atoms with Crippen LogP contribution in [0.4, 0.5) is 15.8 Å². The monoisotopic (exact) mass is 438 g/mol. The first-order valence-electron chi connectivity index (χ1n) is 7.90. The van der Waals surface area contributed by atoms with E-state index in [-0.39, 0.29) is 26.2 Å². The molecule has 0 unspecified atom stereocenters. The number of anilines is 2. The zero-order valence-electron chi connectivity index (χ0n) is 14.1. The van der Waals surface area contributed by atoms with Gasteiger partial charge >= 0.3 is 0 Å². The second kappa shape index (κ2) is 8.18. The molecule has 9 heteroatoms. The van der Waals surface area contributed by atoms with Crippen LogP contribution >= 0.6 is 23.2 Å². The number of sulfonamides is 1. The Morgan fingerprint density at radius 2 is 1.43 bits per heavy atom. The van der Waals surface area contributed by atoms with Crippen molar-refractivity contribution in [3.05, 3.63) is 88.2 Å². The molecule has 0 aliphatic carbocycles. The highest BCUT2D eigenvalue weighted by Gasteiger charge is 2.21. The molecule has 0 heterocycles. The van der Waals surface area contributed by atoms with Gasteiger partial charge in [0.05, 0.1) is 10.0 Å². The van der Waals surface area contributed by atoms with Crippen molar-refractivity contribution >= 4 is 50.5 Å². The Morgan fingerprint density at radius 1 is 0.857 bits per heavy atom. The van der Waals surface area contributed by atoms with Crippen LogP contribution in [-0.4, -0.2) is 14.3 Å². The predicted octanol–water partition coefficient (Wildman–Crippen LogP) is 5.19. The first-order chi connectivity index (χ1) is 13.3. The van der Waals surface area contributed by atoms with Crippen LogP contribution in [0.5, 0.6) is 0 Å². The minimum absolute atomic E-state index is 0.000947. The fourth-order valence-electron chi connectivity index (χ4n) is 2.40. The molecule has 3 aromatic carbocycles. The molecule has 0 spiro atoms. The third kappa shape index (κ3) is 4.62. The van der Waals surface area contributed by atoms with Gasteiger partial charge in [0.25, 0.3) is 15.9 Å². The minimum atomic E-state index is -4.00. The van der Waals surface area contributed by atoms with Crippen molar-refractivity contribution in [1.29, 1.82) is 0 Å². The second-order valence-electron chi connectivity index (χ2n) is 5.70. The summed E-state index contributed by atoms with van der Waals surface area (Å²) in [4.78, 5) is 11.9. The maximum absolute atomic E-state index is 13.2. The van der Waals surface area contributed by atoms with Gasteiger partial charge in [0.15, 0.2) is 0 Å². The number of hydrogen-bond donors (Lipinski definition) is 2. The first kappa shape index (κ1) is 20.1. The van der Waals surface area contributed by atoms with Crippen molar-refractivity contribution < 1.29 is 17.6 Å². The normalized spacial score (nSPS) is 11.1. The molecule has 0 saturated heterocycles. The van der Waals surface area contributed by atoms with Gasteiger partial charge in [-0.05, 0) is 54.6 Å². The van der Waals surface area contributed by atoms with Crippen LogP contribution in [0, 0.1) is 5.82 Å². The van der Waals surface area contributed by atoms with Crippen molar-refractivity contribution in [1.82, 2.24) is 0 Å². The molecule has 0 fully saturated rings. The van der Waals surface area contributed by atoms with Crippen molar-refractivity contribution in [2.75, 3.05) is 10.0 Å². The van der Waals surface area contributed by atoms with Gasteiger partial charge in [-0.1, -0.05) is 35.3 Å². The topological polar surface area (TPSA) is 75.3 Å². The van der Waals surface area contributed by atoms with Gasteiger partial charge in [-0.3, -0.25) is 9.52 Å². The van der Waals surface area contributed by atoms with Crippen molar-refractivity contribution in [2.24, 2.45) is 0 Å². The molecule has 0 aromatic heterocycles. The highest BCUT2D eigenvalue weighted by Crippen LogP contribution is 2.30. The highest BCUT2D eigenvalue weighted by molar-refractivity contribution is 7.93. The quantitative estimate of drug-likeness (QED) is 0.575. The fourth-order valence-corrected chi connectivity index (χ4v) is 4.60. The van der Waals surface area contributed by atoms with E-state index < -0.39 is 21.7 Å². The van der Waals surface area contributed by atoms with Gasteiger partial charge in [0.2, 0.25) is 0 Å². The van der Waals surface area contributed by atoms with Crippen LogP contribution in [0.2, 0.25) is 10.0 Å². The van der Waals surface area contributed by atoms with Crippen LogP contribution in [0.15, 0.2) is 71.6 Å². The molecule has 0 atom stereocenters. The molecule has 144 valence electrons. The summed E-state index contributed by atoms with van der Waals surface area (Å²) in [6.45, 7) is 0. The summed E-state index contributed by atoms with van der Waals surface area (Å²) in [7, 11) is -4.00. The highest BCUT2D eigenvalue weighted by atomic mass is 35.5. The number of amides is 1. The first-order valence-corrected chi connectivity index (χ1v) is 10.1. The summed E-state index contributed by atoms with van der Waals surface area (Å²) < 4.78 is 40.7. The summed E-state index contributed by atoms with van der Waals surface area (Å²) in [6, 6.07) is 15.6. The van der Waals surface area contributed by atoms with Gasteiger partial charge in [-0.15, -0.1) is 0 Å². The molecule has 28 heavy (non-hydrogen) atoms. The van der Waals surface area contributed by atoms with Gasteiger partial charge in [-0.25, -0.2) is 12.8 Å². The van der Waals surface area contributed by atoms with E-state index in [9.17, 15) is 17.6 Å². The van der Waals surface area contributed by atoms with E-state index in [1.165, 1.54) is 54.6 Å². The van der Waals surface area contributed by atoms with Crippen molar-refractivity contribution in [3.63, 3.8) is 0 Å². The van der Waals surface area contributed by atoms with Gasteiger partial charge < -0.3 is 5.32 Å². The Morgan fingerprint density at radius 3 is 2.04 bits per heavy atom. The second-order valence-corrected chi connectivity index (χ2v) is 8.13. The molecule has 0 saturated carbocycles. The average molecular weight is 439 g/mol. The van der Waals surface area contributed by atoms with E-state index in [0.29, 0.717) is 5.69 Å². The van der Waals surface area contributed by atoms with Crippen molar-refractivity contribution in [3.8, 4) is 0 Å². The van der Waals surface area contributed by atoms with E-state index in [4.69, 9.17) is 23.2 Å². The summed E-state index contributed by atoms with van der Waals surface area (Å²) in [5.41, 5.74) is 0.825. The lowest BCUT2D eigenvalue weighted by atomic mass is 10.2. The summed E-state index contributed by atoms with van der Waals surface area (Å²) in [6.07, 6.45) is 0. The lowest BCUT2D eigenvalue weighted by molar-refractivity contribution is 0.102. The van der Waals surface area contributed by atoms with Crippen molar-refractivity contribution in [2.45, 2.75) is 4.90 Å². The Bertz CT molecular complexity index is 1120. The Kier molecular flexibility index (Phi) is 5.88. The van der Waals surface area contributed by atoms with Gasteiger partial charge in [-0.2, -0.15) is 0 Å². The molecule has 0 aliphatic heterocycles. The molecule has 3 rings (SSSR count). The number of nitrogens with one attached hydrogen (secondary N) is 2. The fraction of sp³-hybridized carbons (Fsp3) is 0. The number of rotatable bonds is 5. The molecular weight excluding hydrogens is 426 g/mol. The number of hydrogen-bond acceptors (Lipinski definition) is 3. The van der Waals surface area contributed by atoms with E-state index in [0.717, 1.165) is 6.07 Å². The predicted molar refractivity (Wildman–Crippen MR) is 108 cm³/mol. The molecule has 3 aromatic rings. The molecule has 0 radical (unpaired) electrons. The van der Waals surface area contributed by atoms with Crippen LogP contribution in [0.3, 0.4) is 0 Å². The van der Waals surface area contributed by atoms with Gasteiger partial charge in [0, 0.05) is 16.9 Å². The summed E-state index contributed by atoms with van der Waals surface area (Å²) >= 11 is 11.9. The Labute approximate surface area is 171 Å². The van der Waals surface area contributed by atoms with E-state index in [1.54, 1.807) is 6.07 Å². The zero-order valence-corrected chi connectivity index (χ0v) is 16.4. The largest absolute Gasteiger partial charge is 0.322 e. The van der Waals surface area contributed by atoms with E-state index in [2.05, 4.69) is 10.0 Å². The third-order valence-corrected chi connectivity index (χ3v) is 6.01. The number of halogens is 3. The lowest BCUT2D eigenvalue weighted by Crippen LogP contribution is -2.14. The standard InChI is InChI=1S/C19H13Cl2FN2O3S/c20-16-5-2-6-17(21)18(16)28(26,27)24-15-9-7-14(8-10-15)23-19(25)12-3-1-4-13(22)11-12/h1-11,24H,(H,23,25). The lowest BCUT2D eigenvalue weighted by Gasteiger charge is -2.12. The maximum Gasteiger partial charge on any atom is 0.264 e. The smallest absolute Gasteiger partial charge is 0.264 e.